The van der Waals surface area contributed by atoms with Gasteiger partial charge < -0.3 is 24.3 Å². The number of rotatable bonds is 8. The molecule has 0 fully saturated rings. The van der Waals surface area contributed by atoms with Crippen LogP contribution in [0.1, 0.15) is 10.5 Å². The molecule has 4 aromatic rings. The number of aromatic nitrogens is 2. The van der Waals surface area contributed by atoms with E-state index in [1.165, 1.54) is 7.11 Å². The second-order valence-electron chi connectivity index (χ2n) is 7.38. The van der Waals surface area contributed by atoms with Crippen molar-refractivity contribution in [3.63, 3.8) is 0 Å². The largest absolute Gasteiger partial charge is 0.493 e. The number of fused-ring (bicyclic) bond motifs is 1. The molecule has 1 amide bonds. The highest BCUT2D eigenvalue weighted by Gasteiger charge is 2.17. The molecule has 1 aromatic heterocycles. The Morgan fingerprint density at radius 1 is 0.914 bits per heavy atom. The van der Waals surface area contributed by atoms with Gasteiger partial charge in [-0.25, -0.2) is 0 Å². The third-order valence-corrected chi connectivity index (χ3v) is 5.29. The van der Waals surface area contributed by atoms with Crippen LogP contribution in [0.5, 0.6) is 23.0 Å². The van der Waals surface area contributed by atoms with Crippen LogP contribution >= 0.6 is 0 Å². The topological polar surface area (TPSA) is 94.7 Å². The molecule has 0 saturated heterocycles. The van der Waals surface area contributed by atoms with Gasteiger partial charge in [-0.15, -0.1) is 0 Å². The summed E-state index contributed by atoms with van der Waals surface area (Å²) in [6.07, 6.45) is 0. The van der Waals surface area contributed by atoms with Gasteiger partial charge in [0, 0.05) is 10.9 Å². The lowest BCUT2D eigenvalue weighted by Crippen LogP contribution is -2.24. The van der Waals surface area contributed by atoms with Crippen molar-refractivity contribution in [2.75, 3.05) is 34.5 Å². The summed E-state index contributed by atoms with van der Waals surface area (Å²) in [5, 5.41) is 11.9. The number of hydrogen-bond donors (Lipinski definition) is 2. The van der Waals surface area contributed by atoms with E-state index in [2.05, 4.69) is 27.4 Å². The number of carbonyl (C=O) groups is 1. The second kappa shape index (κ2) is 11.0. The third kappa shape index (κ3) is 5.31. The van der Waals surface area contributed by atoms with E-state index in [1.54, 1.807) is 32.4 Å². The van der Waals surface area contributed by atoms with Crippen LogP contribution < -0.4 is 24.3 Å². The molecule has 35 heavy (non-hydrogen) atoms. The molecule has 8 nitrogen and oxygen atoms in total. The molecule has 0 atom stereocenters. The van der Waals surface area contributed by atoms with Crippen molar-refractivity contribution >= 4 is 16.7 Å². The molecule has 4 rings (SSSR count). The number of methoxy groups -OCH3 is 3. The molecule has 3 aromatic carbocycles. The fourth-order valence-corrected chi connectivity index (χ4v) is 3.58. The van der Waals surface area contributed by atoms with Crippen molar-refractivity contribution in [1.29, 1.82) is 0 Å². The molecule has 8 heteroatoms. The van der Waals surface area contributed by atoms with Gasteiger partial charge in [-0.3, -0.25) is 9.89 Å². The van der Waals surface area contributed by atoms with Crippen molar-refractivity contribution < 1.29 is 23.7 Å². The van der Waals surface area contributed by atoms with E-state index in [0.29, 0.717) is 34.2 Å². The molecule has 0 saturated carbocycles. The molecule has 1 heterocycles. The van der Waals surface area contributed by atoms with Crippen LogP contribution in [0.2, 0.25) is 0 Å². The van der Waals surface area contributed by atoms with E-state index >= 15 is 0 Å². The van der Waals surface area contributed by atoms with Gasteiger partial charge in [0.1, 0.15) is 18.1 Å². The van der Waals surface area contributed by atoms with Gasteiger partial charge >= 0.3 is 0 Å². The number of hydrogen-bond acceptors (Lipinski definition) is 6. The van der Waals surface area contributed by atoms with Crippen LogP contribution in [0.25, 0.3) is 22.0 Å². The lowest BCUT2D eigenvalue weighted by atomic mass is 10.1. The Balaban J connectivity index is 1.34. The number of H-pyrrole nitrogens is 1. The number of amides is 1. The van der Waals surface area contributed by atoms with E-state index in [4.69, 9.17) is 18.9 Å². The summed E-state index contributed by atoms with van der Waals surface area (Å²) in [5.41, 5.74) is 1.58. The normalized spacial score (nSPS) is 10.3. The first-order valence-electron chi connectivity index (χ1n) is 10.8. The minimum atomic E-state index is -0.319. The minimum Gasteiger partial charge on any atom is -0.493 e. The number of nitrogens with zero attached hydrogens (tertiary/aromatic N) is 1. The van der Waals surface area contributed by atoms with Gasteiger partial charge in [0.2, 0.25) is 5.75 Å². The zero-order chi connectivity index (χ0) is 24.6. The molecule has 0 aliphatic heterocycles. The standard InChI is InChI=1S/C27H25N3O5/c1-32-24-15-19(16-25(33-2)26(24)34-3)21-17-22(30-29-21)27(31)28-13-6-7-14-35-23-12-8-10-18-9-4-5-11-20(18)23/h4-5,8-12,15-17H,13-14H2,1-3H3,(H,28,31)(H,29,30). The van der Waals surface area contributed by atoms with Crippen LogP contribution in [-0.2, 0) is 0 Å². The van der Waals surface area contributed by atoms with Crippen molar-refractivity contribution in [1.82, 2.24) is 15.5 Å². The molecule has 0 aliphatic carbocycles. The Hall–Kier alpha value is -4.64. The molecule has 0 unspecified atom stereocenters. The van der Waals surface area contributed by atoms with Crippen LogP contribution in [0, 0.1) is 11.8 Å². The molecule has 0 aliphatic rings. The number of carbonyl (C=O) groups excluding carboxylic acids is 1. The second-order valence-corrected chi connectivity index (χ2v) is 7.38. The summed E-state index contributed by atoms with van der Waals surface area (Å²) in [6.45, 7) is 0.398. The molecule has 178 valence electrons. The quantitative estimate of drug-likeness (QED) is 0.376. The first-order valence-corrected chi connectivity index (χ1v) is 10.8. The summed E-state index contributed by atoms with van der Waals surface area (Å²) < 4.78 is 21.9. The van der Waals surface area contributed by atoms with E-state index < -0.39 is 0 Å². The van der Waals surface area contributed by atoms with Crippen molar-refractivity contribution in [3.05, 3.63) is 66.4 Å². The Morgan fingerprint density at radius 2 is 1.66 bits per heavy atom. The van der Waals surface area contributed by atoms with E-state index in [0.717, 1.165) is 16.5 Å². The van der Waals surface area contributed by atoms with Crippen molar-refractivity contribution in [3.8, 4) is 46.1 Å². The van der Waals surface area contributed by atoms with Crippen molar-refractivity contribution in [2.24, 2.45) is 0 Å². The average Bonchev–Trinajstić information content (AvgIpc) is 3.40. The van der Waals surface area contributed by atoms with Crippen LogP contribution in [0.3, 0.4) is 0 Å². The third-order valence-electron chi connectivity index (χ3n) is 5.29. The lowest BCUT2D eigenvalue weighted by Gasteiger charge is -2.13. The predicted molar refractivity (Wildman–Crippen MR) is 133 cm³/mol. The monoisotopic (exact) mass is 471 g/mol. The smallest absolute Gasteiger partial charge is 0.270 e. The molecule has 0 spiro atoms. The SMILES string of the molecule is COc1cc(-c2cc(C(=O)NCC#CCOc3cccc4ccccc34)[nH]n2)cc(OC)c1OC. The van der Waals surface area contributed by atoms with Gasteiger partial charge in [-0.1, -0.05) is 48.2 Å². The van der Waals surface area contributed by atoms with Gasteiger partial charge in [-0.2, -0.15) is 5.10 Å². The zero-order valence-corrected chi connectivity index (χ0v) is 19.7. The van der Waals surface area contributed by atoms with Gasteiger partial charge in [0.05, 0.1) is 33.6 Å². The molecule has 2 N–H and O–H groups in total. The maximum atomic E-state index is 12.5. The lowest BCUT2D eigenvalue weighted by molar-refractivity contribution is 0.0953. The molecule has 0 radical (unpaired) electrons. The maximum absolute atomic E-state index is 12.5. The van der Waals surface area contributed by atoms with Crippen LogP contribution in [0.15, 0.2) is 60.7 Å². The number of ether oxygens (including phenoxy) is 4. The molecule has 0 bridgehead atoms. The highest BCUT2D eigenvalue weighted by atomic mass is 16.5. The van der Waals surface area contributed by atoms with E-state index in [-0.39, 0.29) is 19.1 Å². The predicted octanol–water partition coefficient (Wildman–Crippen LogP) is 4.07. The van der Waals surface area contributed by atoms with Crippen LogP contribution in [0.4, 0.5) is 0 Å². The number of benzene rings is 3. The summed E-state index contributed by atoms with van der Waals surface area (Å²) in [7, 11) is 4.62. The fraction of sp³-hybridized carbons (Fsp3) is 0.185. The van der Waals surface area contributed by atoms with Gasteiger partial charge in [0.25, 0.3) is 5.91 Å². The summed E-state index contributed by atoms with van der Waals surface area (Å²) in [5.74, 6) is 7.75. The Morgan fingerprint density at radius 3 is 2.40 bits per heavy atom. The fourth-order valence-electron chi connectivity index (χ4n) is 3.58. The zero-order valence-electron chi connectivity index (χ0n) is 19.7. The minimum absolute atomic E-state index is 0.177. The summed E-state index contributed by atoms with van der Waals surface area (Å²) in [6, 6.07) is 19.1. The van der Waals surface area contributed by atoms with E-state index in [9.17, 15) is 4.79 Å². The Bertz CT molecular complexity index is 1370. The molecular weight excluding hydrogens is 446 g/mol. The van der Waals surface area contributed by atoms with Crippen molar-refractivity contribution in [2.45, 2.75) is 0 Å². The summed E-state index contributed by atoms with van der Waals surface area (Å²) >= 11 is 0. The number of aromatic amines is 1. The first-order chi connectivity index (χ1) is 17.1. The molecular formula is C27H25N3O5. The first kappa shape index (κ1) is 23.5. The Kier molecular flexibility index (Phi) is 7.38. The average molecular weight is 472 g/mol. The van der Waals surface area contributed by atoms with Gasteiger partial charge in [-0.05, 0) is 29.7 Å². The van der Waals surface area contributed by atoms with Gasteiger partial charge in [0.15, 0.2) is 11.5 Å². The highest BCUT2D eigenvalue weighted by Crippen LogP contribution is 2.40. The van der Waals surface area contributed by atoms with Crippen LogP contribution in [-0.4, -0.2) is 50.6 Å². The Labute approximate surface area is 203 Å². The highest BCUT2D eigenvalue weighted by molar-refractivity contribution is 5.93. The number of nitrogens with one attached hydrogen (secondary N) is 2. The maximum Gasteiger partial charge on any atom is 0.270 e. The van der Waals surface area contributed by atoms with E-state index in [1.807, 2.05) is 42.5 Å². The summed E-state index contributed by atoms with van der Waals surface area (Å²) in [4.78, 5) is 12.5.